The highest BCUT2D eigenvalue weighted by Crippen LogP contribution is 2.21. The fourth-order valence-corrected chi connectivity index (χ4v) is 3.60. The number of rotatable bonds is 6. The fourth-order valence-electron chi connectivity index (χ4n) is 3.60. The summed E-state index contributed by atoms with van der Waals surface area (Å²) in [5.41, 5.74) is 3.32. The number of aromatic nitrogens is 2. The van der Waals surface area contributed by atoms with Gasteiger partial charge in [0.2, 0.25) is 5.95 Å². The minimum atomic E-state index is -0.198. The Labute approximate surface area is 171 Å². The Hall–Kier alpha value is -3.15. The van der Waals surface area contributed by atoms with Crippen molar-refractivity contribution in [2.24, 2.45) is 0 Å². The van der Waals surface area contributed by atoms with Gasteiger partial charge in [-0.05, 0) is 43.2 Å². The summed E-state index contributed by atoms with van der Waals surface area (Å²) in [6.07, 6.45) is 0.934. The first-order valence-electron chi connectivity index (χ1n) is 10.1. The molecule has 0 spiro atoms. The normalized spacial score (nSPS) is 14.1. The van der Waals surface area contributed by atoms with E-state index in [4.69, 9.17) is 4.98 Å². The molecular formula is C23H26FN5. The Morgan fingerprint density at radius 1 is 0.897 bits per heavy atom. The van der Waals surface area contributed by atoms with Crippen molar-refractivity contribution >= 4 is 17.5 Å². The van der Waals surface area contributed by atoms with E-state index in [2.05, 4.69) is 44.4 Å². The molecule has 1 N–H and O–H groups in total. The summed E-state index contributed by atoms with van der Waals surface area (Å²) in [5, 5.41) is 3.36. The molecule has 1 fully saturated rings. The van der Waals surface area contributed by atoms with Crippen LogP contribution in [0.15, 0.2) is 60.7 Å². The zero-order valence-electron chi connectivity index (χ0n) is 16.7. The van der Waals surface area contributed by atoms with Crippen LogP contribution in [0.3, 0.4) is 0 Å². The van der Waals surface area contributed by atoms with Gasteiger partial charge < -0.3 is 15.1 Å². The molecule has 2 heterocycles. The van der Waals surface area contributed by atoms with Gasteiger partial charge in [-0.3, -0.25) is 0 Å². The Balaban J connectivity index is 1.35. The molecule has 4 rings (SSSR count). The zero-order chi connectivity index (χ0) is 20.1. The molecule has 0 radical (unpaired) electrons. The van der Waals surface area contributed by atoms with Crippen LogP contribution in [-0.2, 0) is 6.42 Å². The van der Waals surface area contributed by atoms with E-state index in [-0.39, 0.29) is 5.82 Å². The van der Waals surface area contributed by atoms with Gasteiger partial charge in [-0.25, -0.2) is 9.37 Å². The minimum absolute atomic E-state index is 0.198. The highest BCUT2D eigenvalue weighted by molar-refractivity contribution is 5.50. The van der Waals surface area contributed by atoms with E-state index >= 15 is 0 Å². The molecule has 3 aromatic rings. The monoisotopic (exact) mass is 391 g/mol. The number of piperazine rings is 1. The van der Waals surface area contributed by atoms with E-state index in [1.165, 1.54) is 17.7 Å². The van der Waals surface area contributed by atoms with Gasteiger partial charge in [0.25, 0.3) is 0 Å². The lowest BCUT2D eigenvalue weighted by atomic mass is 10.1. The maximum atomic E-state index is 13.2. The molecule has 1 aliphatic rings. The third-order valence-corrected chi connectivity index (χ3v) is 5.18. The molecular weight excluding hydrogens is 365 g/mol. The van der Waals surface area contributed by atoms with Crippen molar-refractivity contribution in [2.75, 3.05) is 47.8 Å². The second-order valence-corrected chi connectivity index (χ2v) is 7.30. The second kappa shape index (κ2) is 8.90. The molecule has 6 heteroatoms. The van der Waals surface area contributed by atoms with E-state index in [0.717, 1.165) is 56.3 Å². The summed E-state index contributed by atoms with van der Waals surface area (Å²) < 4.78 is 13.2. The van der Waals surface area contributed by atoms with Crippen LogP contribution in [0.1, 0.15) is 11.3 Å². The lowest BCUT2D eigenvalue weighted by molar-refractivity contribution is 0.624. The van der Waals surface area contributed by atoms with Crippen molar-refractivity contribution in [1.82, 2.24) is 9.97 Å². The minimum Gasteiger partial charge on any atom is -0.368 e. The predicted octanol–water partition coefficient (Wildman–Crippen LogP) is 3.91. The number of anilines is 3. The number of hydrogen-bond donors (Lipinski definition) is 1. The third-order valence-electron chi connectivity index (χ3n) is 5.18. The molecule has 0 aliphatic carbocycles. The fraction of sp³-hybridized carbons (Fsp3) is 0.304. The molecule has 0 unspecified atom stereocenters. The molecule has 1 aliphatic heterocycles. The van der Waals surface area contributed by atoms with E-state index in [9.17, 15) is 4.39 Å². The number of aryl methyl sites for hydroxylation is 1. The first-order chi connectivity index (χ1) is 14.2. The highest BCUT2D eigenvalue weighted by Gasteiger charge is 2.19. The van der Waals surface area contributed by atoms with Gasteiger partial charge in [0.1, 0.15) is 11.6 Å². The lowest BCUT2D eigenvalue weighted by Crippen LogP contribution is -2.46. The van der Waals surface area contributed by atoms with Crippen LogP contribution < -0.4 is 15.1 Å². The van der Waals surface area contributed by atoms with Crippen molar-refractivity contribution in [3.05, 3.63) is 77.7 Å². The molecule has 5 nitrogen and oxygen atoms in total. The molecule has 0 bridgehead atoms. The average molecular weight is 391 g/mol. The summed E-state index contributed by atoms with van der Waals surface area (Å²) in [4.78, 5) is 13.8. The highest BCUT2D eigenvalue weighted by atomic mass is 19.1. The molecule has 0 saturated carbocycles. The van der Waals surface area contributed by atoms with Crippen LogP contribution in [0.4, 0.5) is 21.8 Å². The van der Waals surface area contributed by atoms with Crippen molar-refractivity contribution in [3.63, 3.8) is 0 Å². The maximum absolute atomic E-state index is 13.2. The van der Waals surface area contributed by atoms with Gasteiger partial charge in [0, 0.05) is 50.2 Å². The molecule has 1 saturated heterocycles. The van der Waals surface area contributed by atoms with Crippen LogP contribution in [-0.4, -0.2) is 42.7 Å². The number of nitrogens with one attached hydrogen (secondary N) is 1. The lowest BCUT2D eigenvalue weighted by Gasteiger charge is -2.36. The summed E-state index contributed by atoms with van der Waals surface area (Å²) in [7, 11) is 0. The first-order valence-corrected chi connectivity index (χ1v) is 10.1. The summed E-state index contributed by atoms with van der Waals surface area (Å²) >= 11 is 0. The van der Waals surface area contributed by atoms with E-state index in [1.807, 2.05) is 31.2 Å². The van der Waals surface area contributed by atoms with Gasteiger partial charge in [0.05, 0.1) is 0 Å². The molecule has 0 amide bonds. The van der Waals surface area contributed by atoms with Gasteiger partial charge in [0.15, 0.2) is 0 Å². The molecule has 0 atom stereocenters. The maximum Gasteiger partial charge on any atom is 0.224 e. The first kappa shape index (κ1) is 19.2. The van der Waals surface area contributed by atoms with Crippen molar-refractivity contribution in [3.8, 4) is 0 Å². The Morgan fingerprint density at radius 3 is 2.31 bits per heavy atom. The average Bonchev–Trinajstić information content (AvgIpc) is 2.75. The zero-order valence-corrected chi connectivity index (χ0v) is 16.7. The van der Waals surface area contributed by atoms with Gasteiger partial charge >= 0.3 is 0 Å². The largest absolute Gasteiger partial charge is 0.368 e. The van der Waals surface area contributed by atoms with E-state index in [1.54, 1.807) is 0 Å². The molecule has 29 heavy (non-hydrogen) atoms. The molecule has 150 valence electrons. The number of benzene rings is 2. The van der Waals surface area contributed by atoms with Crippen molar-refractivity contribution < 1.29 is 4.39 Å². The van der Waals surface area contributed by atoms with Crippen LogP contribution in [0.5, 0.6) is 0 Å². The quantitative estimate of drug-likeness (QED) is 0.690. The third kappa shape index (κ3) is 5.02. The standard InChI is InChI=1S/C23H26FN5/c1-18-17-22(27-23(26-18)25-12-11-19-5-3-2-4-6-19)29-15-13-28(14-16-29)21-9-7-20(24)8-10-21/h2-10,17H,11-16H2,1H3,(H,25,26,27). The van der Waals surface area contributed by atoms with Gasteiger partial charge in [-0.1, -0.05) is 30.3 Å². The molecule has 1 aromatic heterocycles. The van der Waals surface area contributed by atoms with Crippen LogP contribution in [0.25, 0.3) is 0 Å². The number of nitrogens with zero attached hydrogens (tertiary/aromatic N) is 4. The summed E-state index contributed by atoms with van der Waals surface area (Å²) in [6.45, 7) is 6.30. The van der Waals surface area contributed by atoms with Gasteiger partial charge in [-0.15, -0.1) is 0 Å². The van der Waals surface area contributed by atoms with E-state index < -0.39 is 0 Å². The van der Waals surface area contributed by atoms with Crippen LogP contribution >= 0.6 is 0 Å². The van der Waals surface area contributed by atoms with Crippen molar-refractivity contribution in [2.45, 2.75) is 13.3 Å². The van der Waals surface area contributed by atoms with E-state index in [0.29, 0.717) is 5.95 Å². The van der Waals surface area contributed by atoms with Crippen LogP contribution in [0, 0.1) is 12.7 Å². The Bertz CT molecular complexity index is 922. The van der Waals surface area contributed by atoms with Crippen LogP contribution in [0.2, 0.25) is 0 Å². The molecule has 2 aromatic carbocycles. The predicted molar refractivity (Wildman–Crippen MR) is 116 cm³/mol. The van der Waals surface area contributed by atoms with Crippen molar-refractivity contribution in [1.29, 1.82) is 0 Å². The second-order valence-electron chi connectivity index (χ2n) is 7.30. The number of hydrogen-bond acceptors (Lipinski definition) is 5. The Morgan fingerprint density at radius 2 is 1.59 bits per heavy atom. The number of halogens is 1. The van der Waals surface area contributed by atoms with Gasteiger partial charge in [-0.2, -0.15) is 4.98 Å². The summed E-state index contributed by atoms with van der Waals surface area (Å²) in [6, 6.07) is 19.2. The topological polar surface area (TPSA) is 44.3 Å². The SMILES string of the molecule is Cc1cc(N2CCN(c3ccc(F)cc3)CC2)nc(NCCc2ccccc2)n1. The summed E-state index contributed by atoms with van der Waals surface area (Å²) in [5.74, 6) is 1.44. The smallest absolute Gasteiger partial charge is 0.224 e. The Kier molecular flexibility index (Phi) is 5.89.